The number of hydrogen-bond acceptors (Lipinski definition) is 3. The zero-order valence-corrected chi connectivity index (χ0v) is 8.05. The molecule has 1 rings (SSSR count). The van der Waals surface area contributed by atoms with Crippen LogP contribution in [0.4, 0.5) is 0 Å². The van der Waals surface area contributed by atoms with E-state index in [-0.39, 0.29) is 5.75 Å². The summed E-state index contributed by atoms with van der Waals surface area (Å²) in [5.41, 5.74) is 7.67. The van der Waals surface area contributed by atoms with Crippen LogP contribution >= 0.6 is 0 Å². The third kappa shape index (κ3) is 6.89. The Hall–Kier alpha value is -1.79. The van der Waals surface area contributed by atoms with E-state index in [4.69, 9.17) is 5.53 Å². The molecule has 0 saturated heterocycles. The second kappa shape index (κ2) is 6.70. The third-order valence-electron chi connectivity index (χ3n) is 0.895. The predicted molar refractivity (Wildman–Crippen MR) is 51.7 cm³/mol. The molecule has 0 bridgehead atoms. The number of imidazole rings is 1. The van der Waals surface area contributed by atoms with Crippen molar-refractivity contribution in [2.24, 2.45) is 4.52 Å². The molecule has 8 heteroatoms. The second-order valence-electron chi connectivity index (χ2n) is 1.97. The Morgan fingerprint density at radius 1 is 1.71 bits per heavy atom. The third-order valence-corrected chi connectivity index (χ3v) is 1.87. The van der Waals surface area contributed by atoms with Crippen molar-refractivity contribution in [1.82, 2.24) is 9.97 Å². The molecule has 0 spiro atoms. The first-order valence-electron chi connectivity index (χ1n) is 3.45. The van der Waals surface area contributed by atoms with Gasteiger partial charge in [-0.05, 0) is 5.53 Å². The molecule has 0 radical (unpaired) electrons. The van der Waals surface area contributed by atoms with Crippen LogP contribution in [0.2, 0.25) is 0 Å². The SMILES string of the molecule is C=CCS(=O)(=O)N=[N+]=[N-].c1c[nH]cn1. The molecule has 14 heavy (non-hydrogen) atoms. The zero-order valence-electron chi connectivity index (χ0n) is 7.24. The summed E-state index contributed by atoms with van der Waals surface area (Å²) in [7, 11) is -3.59. The Balaban J connectivity index is 0.000000280. The number of azide groups is 1. The number of nitrogens with zero attached hydrogens (tertiary/aromatic N) is 4. The maximum absolute atomic E-state index is 10.3. The van der Waals surface area contributed by atoms with Crippen LogP contribution in [0.1, 0.15) is 0 Å². The summed E-state index contributed by atoms with van der Waals surface area (Å²) in [5, 5.41) is 0. The van der Waals surface area contributed by atoms with Crippen LogP contribution in [0.5, 0.6) is 0 Å². The first kappa shape index (κ1) is 12.2. The van der Waals surface area contributed by atoms with Crippen molar-refractivity contribution in [2.45, 2.75) is 0 Å². The highest BCUT2D eigenvalue weighted by atomic mass is 32.2. The van der Waals surface area contributed by atoms with Gasteiger partial charge in [0, 0.05) is 21.8 Å². The van der Waals surface area contributed by atoms with Crippen molar-refractivity contribution in [3.05, 3.63) is 41.8 Å². The molecule has 0 fully saturated rings. The van der Waals surface area contributed by atoms with E-state index in [2.05, 4.69) is 26.0 Å². The van der Waals surface area contributed by atoms with Gasteiger partial charge < -0.3 is 4.98 Å². The Morgan fingerprint density at radius 3 is 2.71 bits per heavy atom. The van der Waals surface area contributed by atoms with Gasteiger partial charge in [0.25, 0.3) is 0 Å². The molecule has 0 aliphatic rings. The predicted octanol–water partition coefficient (Wildman–Crippen LogP) is 1.22. The van der Waals surface area contributed by atoms with E-state index in [9.17, 15) is 8.42 Å². The van der Waals surface area contributed by atoms with Crippen molar-refractivity contribution >= 4 is 10.0 Å². The van der Waals surface area contributed by atoms with Gasteiger partial charge in [0.05, 0.1) is 12.1 Å². The summed E-state index contributed by atoms with van der Waals surface area (Å²) in [6.45, 7) is 3.17. The molecule has 76 valence electrons. The van der Waals surface area contributed by atoms with E-state index in [1.54, 1.807) is 18.7 Å². The minimum Gasteiger partial charge on any atom is -0.351 e. The van der Waals surface area contributed by atoms with Crippen LogP contribution in [0, 0.1) is 0 Å². The van der Waals surface area contributed by atoms with Crippen molar-refractivity contribution < 1.29 is 8.42 Å². The first-order chi connectivity index (χ1) is 6.62. The number of aromatic amines is 1. The van der Waals surface area contributed by atoms with Crippen LogP contribution in [0.3, 0.4) is 0 Å². The summed E-state index contributed by atoms with van der Waals surface area (Å²) in [6, 6.07) is 0. The topological polar surface area (TPSA) is 112 Å². The number of H-pyrrole nitrogens is 1. The molecule has 1 aromatic heterocycles. The van der Waals surface area contributed by atoms with E-state index in [0.717, 1.165) is 6.08 Å². The molecule has 0 aromatic carbocycles. The van der Waals surface area contributed by atoms with Crippen LogP contribution in [-0.4, -0.2) is 24.1 Å². The molecule has 0 atom stereocenters. The molecule has 0 amide bonds. The van der Waals surface area contributed by atoms with E-state index in [1.807, 2.05) is 0 Å². The van der Waals surface area contributed by atoms with Crippen molar-refractivity contribution in [1.29, 1.82) is 0 Å². The zero-order chi connectivity index (χ0) is 10.9. The smallest absolute Gasteiger partial charge is 0.239 e. The van der Waals surface area contributed by atoms with Gasteiger partial charge in [0.1, 0.15) is 0 Å². The van der Waals surface area contributed by atoms with E-state index < -0.39 is 10.0 Å². The Bertz CT molecular complexity index is 373. The number of hydrogen-bond donors (Lipinski definition) is 1. The van der Waals surface area contributed by atoms with Gasteiger partial charge in [-0.3, -0.25) is 0 Å². The molecule has 7 nitrogen and oxygen atoms in total. The van der Waals surface area contributed by atoms with Gasteiger partial charge in [-0.15, -0.1) is 6.58 Å². The highest BCUT2D eigenvalue weighted by Crippen LogP contribution is 1.90. The summed E-state index contributed by atoms with van der Waals surface area (Å²) in [5.74, 6) is -0.308. The van der Waals surface area contributed by atoms with Crippen molar-refractivity contribution in [2.75, 3.05) is 5.75 Å². The van der Waals surface area contributed by atoms with Crippen LogP contribution < -0.4 is 0 Å². The Morgan fingerprint density at radius 2 is 2.43 bits per heavy atom. The van der Waals surface area contributed by atoms with E-state index in [1.165, 1.54) is 0 Å². The van der Waals surface area contributed by atoms with Gasteiger partial charge in [-0.25, -0.2) is 13.4 Å². The lowest BCUT2D eigenvalue weighted by Gasteiger charge is -1.83. The van der Waals surface area contributed by atoms with Crippen LogP contribution in [0.15, 0.2) is 35.9 Å². The minimum atomic E-state index is -3.59. The second-order valence-corrected chi connectivity index (χ2v) is 3.63. The van der Waals surface area contributed by atoms with Crippen molar-refractivity contribution in [3.8, 4) is 0 Å². The standard InChI is InChI=1S/C3H5N3O2S.C3H4N2/c1-2-3-9(7,8)6-5-4;1-2-5-3-4-1/h2H,1,3H2;1-3H,(H,4,5). The molecule has 0 aliphatic heterocycles. The monoisotopic (exact) mass is 215 g/mol. The van der Waals surface area contributed by atoms with E-state index in [0.29, 0.717) is 0 Å². The number of sulfonamides is 1. The maximum Gasteiger partial charge on any atom is 0.239 e. The fraction of sp³-hybridized carbons (Fsp3) is 0.167. The average molecular weight is 215 g/mol. The van der Waals surface area contributed by atoms with Gasteiger partial charge in [0.2, 0.25) is 10.0 Å². The fourth-order valence-corrected chi connectivity index (χ4v) is 0.929. The lowest BCUT2D eigenvalue weighted by atomic mass is 10.8. The van der Waals surface area contributed by atoms with Crippen LogP contribution in [-0.2, 0) is 10.0 Å². The molecular formula is C6H9N5O2S. The van der Waals surface area contributed by atoms with Crippen LogP contribution in [0.25, 0.3) is 10.4 Å². The summed E-state index contributed by atoms with van der Waals surface area (Å²) >= 11 is 0. The van der Waals surface area contributed by atoms with E-state index >= 15 is 0 Å². The van der Waals surface area contributed by atoms with Gasteiger partial charge in [-0.2, -0.15) is 0 Å². The molecular weight excluding hydrogens is 206 g/mol. The highest BCUT2D eigenvalue weighted by Gasteiger charge is 2.01. The normalized spacial score (nSPS) is 9.14. The number of aromatic nitrogens is 2. The first-order valence-corrected chi connectivity index (χ1v) is 5.06. The molecule has 0 unspecified atom stereocenters. The quantitative estimate of drug-likeness (QED) is 0.354. The Kier molecular flexibility index (Phi) is 5.84. The molecule has 1 heterocycles. The average Bonchev–Trinajstić information content (AvgIpc) is 2.59. The maximum atomic E-state index is 10.3. The lowest BCUT2D eigenvalue weighted by Crippen LogP contribution is -1.96. The molecule has 1 aromatic rings. The summed E-state index contributed by atoms with van der Waals surface area (Å²) in [4.78, 5) is 8.53. The summed E-state index contributed by atoms with van der Waals surface area (Å²) in [6.07, 6.45) is 6.24. The van der Waals surface area contributed by atoms with Gasteiger partial charge >= 0.3 is 0 Å². The number of rotatable bonds is 3. The highest BCUT2D eigenvalue weighted by molar-refractivity contribution is 7.90. The minimum absolute atomic E-state index is 0.308. The number of nitrogens with one attached hydrogen (secondary N) is 1. The lowest BCUT2D eigenvalue weighted by molar-refractivity contribution is 0.600. The van der Waals surface area contributed by atoms with Crippen molar-refractivity contribution in [3.63, 3.8) is 0 Å². The largest absolute Gasteiger partial charge is 0.351 e. The Labute approximate surface area is 81.2 Å². The molecule has 0 saturated carbocycles. The van der Waals surface area contributed by atoms with Gasteiger partial charge in [-0.1, -0.05) is 6.08 Å². The fourth-order valence-electron chi connectivity index (χ4n) is 0.453. The summed E-state index contributed by atoms with van der Waals surface area (Å²) < 4.78 is 23.2. The molecule has 1 N–H and O–H groups in total. The van der Waals surface area contributed by atoms with Gasteiger partial charge in [0.15, 0.2) is 0 Å². The molecule has 0 aliphatic carbocycles.